The molecule has 0 atom stereocenters. The average Bonchev–Trinajstić information content (AvgIpc) is 2.34. The Kier molecular flexibility index (Phi) is 4.40. The molecule has 2 N–H and O–H groups in total. The van der Waals surface area contributed by atoms with Crippen LogP contribution >= 0.6 is 0 Å². The van der Waals surface area contributed by atoms with E-state index in [1.165, 1.54) is 0 Å². The lowest BCUT2D eigenvalue weighted by Crippen LogP contribution is -2.22. The quantitative estimate of drug-likeness (QED) is 0.683. The Labute approximate surface area is 104 Å². The van der Waals surface area contributed by atoms with Gasteiger partial charge < -0.3 is 10.5 Å². The number of carbonyl (C=O) groups excluding carboxylic acids is 1. The van der Waals surface area contributed by atoms with E-state index < -0.39 is 47.5 Å². The van der Waals surface area contributed by atoms with Crippen LogP contribution in [0.15, 0.2) is 6.20 Å². The van der Waals surface area contributed by atoms with Crippen molar-refractivity contribution in [2.45, 2.75) is 19.1 Å². The van der Waals surface area contributed by atoms with Gasteiger partial charge in [-0.15, -0.1) is 0 Å². The van der Waals surface area contributed by atoms with E-state index in [0.717, 1.165) is 7.11 Å². The van der Waals surface area contributed by atoms with Crippen LogP contribution in [0, 0.1) is 0 Å². The summed E-state index contributed by atoms with van der Waals surface area (Å²) in [5.41, 5.74) is 0.484. The number of ether oxygens (including phenoxy) is 1. The first-order valence-corrected chi connectivity index (χ1v) is 4.89. The fourth-order valence-corrected chi connectivity index (χ4v) is 1.51. The summed E-state index contributed by atoms with van der Waals surface area (Å²) in [6.07, 6.45) is -8.22. The van der Waals surface area contributed by atoms with Gasteiger partial charge in [-0.25, -0.2) is 13.6 Å². The normalized spacial score (nSPS) is 11.8. The molecule has 0 amide bonds. The van der Waals surface area contributed by atoms with Crippen molar-refractivity contribution in [3.05, 3.63) is 28.6 Å². The van der Waals surface area contributed by atoms with Crippen LogP contribution in [0.25, 0.3) is 0 Å². The third-order valence-corrected chi connectivity index (χ3v) is 2.29. The Morgan fingerprint density at radius 1 is 1.47 bits per heavy atom. The van der Waals surface area contributed by atoms with E-state index in [9.17, 15) is 26.7 Å². The molecule has 1 aromatic heterocycles. The van der Waals surface area contributed by atoms with Gasteiger partial charge in [-0.2, -0.15) is 13.2 Å². The van der Waals surface area contributed by atoms with Crippen LogP contribution in [0.5, 0.6) is 0 Å². The Balaban J connectivity index is 3.71. The van der Waals surface area contributed by atoms with Gasteiger partial charge in [0.2, 0.25) is 0 Å². The molecule has 0 aliphatic rings. The molecule has 9 heteroatoms. The molecule has 19 heavy (non-hydrogen) atoms. The zero-order valence-corrected chi connectivity index (χ0v) is 9.59. The summed E-state index contributed by atoms with van der Waals surface area (Å²) in [6.45, 7) is -0.517. The van der Waals surface area contributed by atoms with E-state index in [1.54, 1.807) is 0 Å². The predicted molar refractivity (Wildman–Crippen MR) is 53.4 cm³/mol. The first-order chi connectivity index (χ1) is 8.73. The highest BCUT2D eigenvalue weighted by atomic mass is 19.4. The van der Waals surface area contributed by atoms with Gasteiger partial charge in [0.05, 0.1) is 23.9 Å². The third-order valence-electron chi connectivity index (χ3n) is 2.29. The van der Waals surface area contributed by atoms with E-state index in [1.807, 2.05) is 0 Å². The zero-order chi connectivity index (χ0) is 14.8. The highest BCUT2D eigenvalue weighted by molar-refractivity contribution is 5.93. The lowest BCUT2D eigenvalue weighted by molar-refractivity contribution is -0.140. The number of carbonyl (C=O) groups is 1. The van der Waals surface area contributed by atoms with Crippen molar-refractivity contribution in [3.8, 4) is 0 Å². The summed E-state index contributed by atoms with van der Waals surface area (Å²) in [5, 5.41) is 0. The molecule has 1 rings (SSSR count). The molecular formula is C10H9F5N2O2. The van der Waals surface area contributed by atoms with Crippen LogP contribution in [0.4, 0.5) is 22.0 Å². The highest BCUT2D eigenvalue weighted by Gasteiger charge is 2.42. The summed E-state index contributed by atoms with van der Waals surface area (Å²) >= 11 is 0. The summed E-state index contributed by atoms with van der Waals surface area (Å²) < 4.78 is 68.0. The Bertz CT molecular complexity index is 488. The molecular weight excluding hydrogens is 275 g/mol. The SMILES string of the molecule is COC(=O)c1c(CN)ncc(C(F)F)c1C(F)(F)F. The minimum Gasteiger partial charge on any atom is -0.465 e. The summed E-state index contributed by atoms with van der Waals surface area (Å²) in [4.78, 5) is 14.7. The van der Waals surface area contributed by atoms with Crippen LogP contribution < -0.4 is 5.73 Å². The van der Waals surface area contributed by atoms with Crippen LogP contribution in [-0.2, 0) is 17.5 Å². The highest BCUT2D eigenvalue weighted by Crippen LogP contribution is 2.39. The van der Waals surface area contributed by atoms with E-state index in [-0.39, 0.29) is 0 Å². The number of nitrogens with two attached hydrogens (primary N) is 1. The van der Waals surface area contributed by atoms with Crippen molar-refractivity contribution in [1.29, 1.82) is 0 Å². The van der Waals surface area contributed by atoms with Gasteiger partial charge in [-0.1, -0.05) is 0 Å². The van der Waals surface area contributed by atoms with Crippen molar-refractivity contribution in [2.24, 2.45) is 5.73 Å². The lowest BCUT2D eigenvalue weighted by atomic mass is 10.0. The van der Waals surface area contributed by atoms with Gasteiger partial charge in [0, 0.05) is 18.3 Å². The van der Waals surface area contributed by atoms with E-state index in [2.05, 4.69) is 9.72 Å². The number of hydrogen-bond donors (Lipinski definition) is 1. The van der Waals surface area contributed by atoms with Crippen molar-refractivity contribution < 1.29 is 31.5 Å². The number of halogens is 5. The molecule has 0 fully saturated rings. The maximum atomic E-state index is 12.9. The van der Waals surface area contributed by atoms with Crippen molar-refractivity contribution in [3.63, 3.8) is 0 Å². The fraction of sp³-hybridized carbons (Fsp3) is 0.400. The summed E-state index contributed by atoms with van der Waals surface area (Å²) in [6, 6.07) is 0. The monoisotopic (exact) mass is 284 g/mol. The van der Waals surface area contributed by atoms with Gasteiger partial charge in [0.25, 0.3) is 6.43 Å². The maximum absolute atomic E-state index is 12.9. The zero-order valence-electron chi connectivity index (χ0n) is 9.59. The second kappa shape index (κ2) is 5.47. The predicted octanol–water partition coefficient (Wildman–Crippen LogP) is 2.28. The molecule has 4 nitrogen and oxygen atoms in total. The largest absolute Gasteiger partial charge is 0.465 e. The van der Waals surface area contributed by atoms with Gasteiger partial charge >= 0.3 is 12.1 Å². The second-order valence-electron chi connectivity index (χ2n) is 3.40. The number of pyridine rings is 1. The number of hydrogen-bond acceptors (Lipinski definition) is 4. The molecule has 0 spiro atoms. The number of methoxy groups -OCH3 is 1. The van der Waals surface area contributed by atoms with Gasteiger partial charge in [-0.05, 0) is 0 Å². The number of nitrogens with zero attached hydrogens (tertiary/aromatic N) is 1. The molecule has 0 radical (unpaired) electrons. The second-order valence-corrected chi connectivity index (χ2v) is 3.40. The minimum atomic E-state index is -5.15. The number of aromatic nitrogens is 1. The van der Waals surface area contributed by atoms with Gasteiger partial charge in [0.15, 0.2) is 0 Å². The van der Waals surface area contributed by atoms with Crippen LogP contribution in [0.1, 0.15) is 33.6 Å². The maximum Gasteiger partial charge on any atom is 0.417 e. The van der Waals surface area contributed by atoms with Gasteiger partial charge in [0.1, 0.15) is 0 Å². The van der Waals surface area contributed by atoms with Crippen molar-refractivity contribution in [2.75, 3.05) is 7.11 Å². The van der Waals surface area contributed by atoms with E-state index >= 15 is 0 Å². The molecule has 0 saturated heterocycles. The van der Waals surface area contributed by atoms with Gasteiger partial charge in [-0.3, -0.25) is 4.98 Å². The molecule has 0 aromatic carbocycles. The Hall–Kier alpha value is -1.77. The molecule has 106 valence electrons. The molecule has 0 bridgehead atoms. The van der Waals surface area contributed by atoms with Crippen LogP contribution in [-0.4, -0.2) is 18.1 Å². The summed E-state index contributed by atoms with van der Waals surface area (Å²) in [5.74, 6) is -1.41. The molecule has 0 aliphatic carbocycles. The molecule has 1 heterocycles. The summed E-state index contributed by atoms with van der Waals surface area (Å²) in [7, 11) is 0.831. The molecule has 0 unspecified atom stereocenters. The Morgan fingerprint density at radius 3 is 2.42 bits per heavy atom. The third kappa shape index (κ3) is 2.98. The minimum absolute atomic E-state index is 0.363. The van der Waals surface area contributed by atoms with Crippen molar-refractivity contribution >= 4 is 5.97 Å². The lowest BCUT2D eigenvalue weighted by Gasteiger charge is -2.17. The molecule has 0 aliphatic heterocycles. The first-order valence-electron chi connectivity index (χ1n) is 4.89. The van der Waals surface area contributed by atoms with E-state index in [4.69, 9.17) is 5.73 Å². The topological polar surface area (TPSA) is 65.2 Å². The van der Waals surface area contributed by atoms with Crippen LogP contribution in [0.3, 0.4) is 0 Å². The molecule has 0 saturated carbocycles. The first kappa shape index (κ1) is 15.3. The standard InChI is InChI=1S/C10H9F5N2O2/c1-19-9(18)6-5(2-16)17-3-4(8(11)12)7(6)10(13,14)15/h3,8H,2,16H2,1H3. The molecule has 1 aromatic rings. The smallest absolute Gasteiger partial charge is 0.417 e. The van der Waals surface area contributed by atoms with Crippen molar-refractivity contribution in [1.82, 2.24) is 4.98 Å². The number of rotatable bonds is 3. The number of esters is 1. The average molecular weight is 284 g/mol. The van der Waals surface area contributed by atoms with Crippen LogP contribution in [0.2, 0.25) is 0 Å². The fourth-order valence-electron chi connectivity index (χ4n) is 1.51. The van der Waals surface area contributed by atoms with E-state index in [0.29, 0.717) is 6.20 Å². The number of alkyl halides is 5. The Morgan fingerprint density at radius 2 is 2.05 bits per heavy atom.